The predicted octanol–water partition coefficient (Wildman–Crippen LogP) is 3.93. The van der Waals surface area contributed by atoms with Crippen LogP contribution in [-0.4, -0.2) is 27.8 Å². The lowest BCUT2D eigenvalue weighted by Crippen LogP contribution is -2.27. The maximum Gasteiger partial charge on any atom is 0.262 e. The van der Waals surface area contributed by atoms with Crippen molar-refractivity contribution < 1.29 is 9.53 Å². The van der Waals surface area contributed by atoms with Gasteiger partial charge in [0.05, 0.1) is 23.3 Å². The number of thioether (sulfide) groups is 1. The van der Waals surface area contributed by atoms with E-state index in [4.69, 9.17) is 4.74 Å². The van der Waals surface area contributed by atoms with E-state index in [0.717, 1.165) is 6.42 Å². The van der Waals surface area contributed by atoms with Crippen molar-refractivity contribution in [1.29, 1.82) is 0 Å². The molecule has 0 radical (unpaired) electrons. The van der Waals surface area contributed by atoms with E-state index in [1.165, 1.54) is 11.8 Å². The Labute approximate surface area is 167 Å². The van der Waals surface area contributed by atoms with E-state index in [0.29, 0.717) is 34.0 Å². The second-order valence-electron chi connectivity index (χ2n) is 6.35. The van der Waals surface area contributed by atoms with Gasteiger partial charge < -0.3 is 10.1 Å². The summed E-state index contributed by atoms with van der Waals surface area (Å²) >= 11 is 1.29. The average molecular weight is 398 g/mol. The van der Waals surface area contributed by atoms with Crippen LogP contribution in [0, 0.1) is 0 Å². The molecule has 0 fully saturated rings. The number of carbonyl (C=O) groups excluding carboxylic acids is 1. The van der Waals surface area contributed by atoms with Crippen molar-refractivity contribution >= 4 is 34.3 Å². The van der Waals surface area contributed by atoms with Crippen molar-refractivity contribution in [2.45, 2.75) is 37.2 Å². The number of aromatic nitrogens is 2. The van der Waals surface area contributed by atoms with Gasteiger partial charge in [-0.15, -0.1) is 0 Å². The summed E-state index contributed by atoms with van der Waals surface area (Å²) in [5, 5.41) is 3.60. The molecule has 1 heterocycles. The van der Waals surface area contributed by atoms with Gasteiger partial charge in [0.15, 0.2) is 5.16 Å². The summed E-state index contributed by atoms with van der Waals surface area (Å²) in [6, 6.07) is 14.5. The summed E-state index contributed by atoms with van der Waals surface area (Å²) in [7, 11) is 1.58. The van der Waals surface area contributed by atoms with Gasteiger partial charge in [-0.25, -0.2) is 4.98 Å². The number of anilines is 1. The Morgan fingerprint density at radius 3 is 2.79 bits per heavy atom. The number of benzene rings is 2. The predicted molar refractivity (Wildman–Crippen MR) is 113 cm³/mol. The molecule has 0 unspecified atom stereocenters. The first-order valence-corrected chi connectivity index (χ1v) is 10.0. The van der Waals surface area contributed by atoms with E-state index >= 15 is 0 Å². The molecule has 28 heavy (non-hydrogen) atoms. The molecule has 0 spiro atoms. The van der Waals surface area contributed by atoms with Crippen LogP contribution in [0.15, 0.2) is 58.5 Å². The molecule has 1 atom stereocenters. The van der Waals surface area contributed by atoms with Gasteiger partial charge in [-0.1, -0.05) is 36.9 Å². The first kappa shape index (κ1) is 19.9. The maximum atomic E-state index is 12.8. The second kappa shape index (κ2) is 8.93. The molecule has 0 aliphatic rings. The summed E-state index contributed by atoms with van der Waals surface area (Å²) in [6.07, 6.45) is 0.803. The number of hydrogen-bond donors (Lipinski definition) is 1. The lowest BCUT2D eigenvalue weighted by molar-refractivity contribution is -0.115. The third kappa shape index (κ3) is 4.36. The van der Waals surface area contributed by atoms with E-state index < -0.39 is 5.25 Å². The van der Waals surface area contributed by atoms with Crippen LogP contribution < -0.4 is 15.6 Å². The van der Waals surface area contributed by atoms with Gasteiger partial charge in [-0.2, -0.15) is 0 Å². The zero-order valence-electron chi connectivity index (χ0n) is 16.1. The molecule has 2 aromatic carbocycles. The molecule has 3 rings (SSSR count). The largest absolute Gasteiger partial charge is 0.497 e. The van der Waals surface area contributed by atoms with Gasteiger partial charge in [-0.3, -0.25) is 14.2 Å². The van der Waals surface area contributed by atoms with Crippen molar-refractivity contribution in [1.82, 2.24) is 9.55 Å². The minimum atomic E-state index is -0.428. The smallest absolute Gasteiger partial charge is 0.262 e. The number of para-hydroxylation sites is 1. The quantitative estimate of drug-likeness (QED) is 0.483. The highest BCUT2D eigenvalue weighted by Crippen LogP contribution is 2.24. The van der Waals surface area contributed by atoms with Gasteiger partial charge in [0.1, 0.15) is 5.75 Å². The molecule has 0 bridgehead atoms. The standard InChI is InChI=1S/C21H23N3O3S/c1-4-12-24-20(26)17-10-5-6-11-18(17)23-21(24)28-14(2)19(25)22-15-8-7-9-16(13-15)27-3/h5-11,13-14H,4,12H2,1-3H3,(H,22,25)/t14-/m1/s1. The van der Waals surface area contributed by atoms with Gasteiger partial charge >= 0.3 is 0 Å². The first-order valence-electron chi connectivity index (χ1n) is 9.14. The summed E-state index contributed by atoms with van der Waals surface area (Å²) in [5.74, 6) is 0.509. The van der Waals surface area contributed by atoms with E-state index in [1.807, 2.05) is 37.3 Å². The molecule has 1 N–H and O–H groups in total. The molecule has 1 aromatic heterocycles. The molecule has 0 saturated heterocycles. The fraction of sp³-hybridized carbons (Fsp3) is 0.286. The summed E-state index contributed by atoms with van der Waals surface area (Å²) in [4.78, 5) is 30.1. The van der Waals surface area contributed by atoms with Crippen molar-refractivity contribution in [3.05, 3.63) is 58.9 Å². The average Bonchev–Trinajstić information content (AvgIpc) is 2.71. The zero-order chi connectivity index (χ0) is 20.1. The molecular formula is C21H23N3O3S. The van der Waals surface area contributed by atoms with Crippen molar-refractivity contribution in [3.63, 3.8) is 0 Å². The summed E-state index contributed by atoms with van der Waals surface area (Å²) in [6.45, 7) is 4.37. The third-order valence-electron chi connectivity index (χ3n) is 4.26. The van der Waals surface area contributed by atoms with Crippen LogP contribution >= 0.6 is 11.8 Å². The van der Waals surface area contributed by atoms with E-state index in [-0.39, 0.29) is 11.5 Å². The Morgan fingerprint density at radius 1 is 1.25 bits per heavy atom. The van der Waals surface area contributed by atoms with Crippen LogP contribution in [0.25, 0.3) is 10.9 Å². The molecule has 6 nitrogen and oxygen atoms in total. The number of fused-ring (bicyclic) bond motifs is 1. The van der Waals surface area contributed by atoms with Crippen LogP contribution in [0.2, 0.25) is 0 Å². The van der Waals surface area contributed by atoms with Crippen LogP contribution in [0.1, 0.15) is 20.3 Å². The summed E-state index contributed by atoms with van der Waals surface area (Å²) in [5.41, 5.74) is 1.23. The molecule has 3 aromatic rings. The highest BCUT2D eigenvalue weighted by atomic mass is 32.2. The zero-order valence-corrected chi connectivity index (χ0v) is 17.0. The molecule has 0 aliphatic heterocycles. The number of ether oxygens (including phenoxy) is 1. The number of nitrogens with one attached hydrogen (secondary N) is 1. The van der Waals surface area contributed by atoms with Crippen LogP contribution in [0.3, 0.4) is 0 Å². The fourth-order valence-electron chi connectivity index (χ4n) is 2.81. The minimum Gasteiger partial charge on any atom is -0.497 e. The number of nitrogens with zero attached hydrogens (tertiary/aromatic N) is 2. The Hall–Kier alpha value is -2.80. The molecule has 146 valence electrons. The third-order valence-corrected chi connectivity index (χ3v) is 5.35. The lowest BCUT2D eigenvalue weighted by Gasteiger charge is -2.16. The number of amides is 1. The maximum absolute atomic E-state index is 12.8. The van der Waals surface area contributed by atoms with Gasteiger partial charge in [-0.05, 0) is 37.6 Å². The van der Waals surface area contributed by atoms with E-state index in [2.05, 4.69) is 10.3 Å². The highest BCUT2D eigenvalue weighted by molar-refractivity contribution is 8.00. The second-order valence-corrected chi connectivity index (χ2v) is 7.66. The minimum absolute atomic E-state index is 0.0737. The monoisotopic (exact) mass is 397 g/mol. The number of rotatable bonds is 7. The Kier molecular flexibility index (Phi) is 6.36. The SMILES string of the molecule is CCCn1c(S[C@H](C)C(=O)Nc2cccc(OC)c2)nc2ccccc2c1=O. The number of carbonyl (C=O) groups is 1. The summed E-state index contributed by atoms with van der Waals surface area (Å²) < 4.78 is 6.84. The topological polar surface area (TPSA) is 73.2 Å². The first-order chi connectivity index (χ1) is 13.5. The number of methoxy groups -OCH3 is 1. The molecule has 7 heteroatoms. The Morgan fingerprint density at radius 2 is 2.04 bits per heavy atom. The van der Waals surface area contributed by atoms with Crippen molar-refractivity contribution in [3.8, 4) is 5.75 Å². The van der Waals surface area contributed by atoms with Crippen LogP contribution in [-0.2, 0) is 11.3 Å². The van der Waals surface area contributed by atoms with Crippen molar-refractivity contribution in [2.75, 3.05) is 12.4 Å². The van der Waals surface area contributed by atoms with Gasteiger partial charge in [0.2, 0.25) is 5.91 Å². The Bertz CT molecular complexity index is 1050. The Balaban J connectivity index is 1.85. The van der Waals surface area contributed by atoms with Gasteiger partial charge in [0, 0.05) is 18.3 Å². The lowest BCUT2D eigenvalue weighted by atomic mass is 10.2. The van der Waals surface area contributed by atoms with Crippen LogP contribution in [0.4, 0.5) is 5.69 Å². The number of hydrogen-bond acceptors (Lipinski definition) is 5. The van der Waals surface area contributed by atoms with Gasteiger partial charge in [0.25, 0.3) is 5.56 Å². The van der Waals surface area contributed by atoms with E-state index in [9.17, 15) is 9.59 Å². The normalized spacial score (nSPS) is 12.0. The van der Waals surface area contributed by atoms with Crippen molar-refractivity contribution in [2.24, 2.45) is 0 Å². The molecule has 0 saturated carbocycles. The molecule has 0 aliphatic carbocycles. The fourth-order valence-corrected chi connectivity index (χ4v) is 3.75. The molecule has 1 amide bonds. The van der Waals surface area contributed by atoms with Crippen LogP contribution in [0.5, 0.6) is 5.75 Å². The highest BCUT2D eigenvalue weighted by Gasteiger charge is 2.19. The van der Waals surface area contributed by atoms with E-state index in [1.54, 1.807) is 36.8 Å². The molecular weight excluding hydrogens is 374 g/mol.